The molecule has 2 aromatic heterocycles. The molecule has 5 rings (SSSR count). The number of nitrogens with one attached hydrogen (secondary N) is 2. The smallest absolute Gasteiger partial charge is 0.411 e. The quantitative estimate of drug-likeness (QED) is 0.191. The van der Waals surface area contributed by atoms with E-state index in [1.54, 1.807) is 6.20 Å². The van der Waals surface area contributed by atoms with Gasteiger partial charge in [0.25, 0.3) is 0 Å². The van der Waals surface area contributed by atoms with Crippen LogP contribution in [0.1, 0.15) is 43.5 Å². The number of methoxy groups -OCH3 is 1. The highest BCUT2D eigenvalue weighted by atomic mass is 35.5. The molecule has 1 aliphatic rings. The third-order valence-corrected chi connectivity index (χ3v) is 7.28. The van der Waals surface area contributed by atoms with Crippen molar-refractivity contribution in [3.8, 4) is 22.6 Å². The predicted octanol–water partition coefficient (Wildman–Crippen LogP) is 8.66. The van der Waals surface area contributed by atoms with E-state index in [1.165, 1.54) is 26.3 Å². The number of benzene rings is 2. The Kier molecular flexibility index (Phi) is 8.31. The molecule has 2 aromatic carbocycles. The number of carbonyl (C=O) groups excluding carboxylic acids is 1. The average molecular weight is 555 g/mol. The first-order valence-electron chi connectivity index (χ1n) is 13.2. The normalized spacial score (nSPS) is 14.3. The summed E-state index contributed by atoms with van der Waals surface area (Å²) in [4.78, 5) is 23.8. The number of aromatic nitrogens is 3. The zero-order valence-electron chi connectivity index (χ0n) is 22.5. The van der Waals surface area contributed by atoms with Gasteiger partial charge < -0.3 is 14.1 Å². The summed E-state index contributed by atoms with van der Waals surface area (Å²) < 4.78 is 10.2. The van der Waals surface area contributed by atoms with E-state index in [9.17, 15) is 4.79 Å². The van der Waals surface area contributed by atoms with Crippen LogP contribution in [0.2, 0.25) is 5.02 Å². The Hall–Kier alpha value is -4.36. The van der Waals surface area contributed by atoms with Gasteiger partial charge in [0.2, 0.25) is 0 Å². The van der Waals surface area contributed by atoms with Gasteiger partial charge in [0.1, 0.15) is 5.82 Å². The van der Waals surface area contributed by atoms with Crippen LogP contribution in [0, 0.1) is 5.92 Å². The lowest BCUT2D eigenvalue weighted by Gasteiger charge is -2.16. The Labute approximate surface area is 238 Å². The molecule has 8 heteroatoms. The topological polar surface area (TPSA) is 93.0 Å². The molecule has 0 bridgehead atoms. The molecule has 1 saturated carbocycles. The highest BCUT2D eigenvalue weighted by molar-refractivity contribution is 6.30. The SMILES string of the molecule is C=C(/C=C\C(=C/C)c1cc(Cl)ccc1-c1cnco1)C(CC1CC1)c1ncc(-c2ccc(NC(=O)OC)cc2)[nH]1. The molecule has 1 amide bonds. The number of ether oxygens (including phenoxy) is 1. The number of carbonyl (C=O) groups is 1. The van der Waals surface area contributed by atoms with Gasteiger partial charge in [-0.3, -0.25) is 5.32 Å². The molecule has 2 N–H and O–H groups in total. The largest absolute Gasteiger partial charge is 0.453 e. The second kappa shape index (κ2) is 12.2. The van der Waals surface area contributed by atoms with Crippen LogP contribution in [0.25, 0.3) is 28.2 Å². The number of amides is 1. The Morgan fingerprint density at radius 1 is 1.23 bits per heavy atom. The van der Waals surface area contributed by atoms with Crippen LogP contribution in [0.15, 0.2) is 96.0 Å². The Bertz CT molecular complexity index is 1550. The van der Waals surface area contributed by atoms with Crippen LogP contribution < -0.4 is 5.32 Å². The summed E-state index contributed by atoms with van der Waals surface area (Å²) in [7, 11) is 1.34. The fourth-order valence-corrected chi connectivity index (χ4v) is 4.83. The summed E-state index contributed by atoms with van der Waals surface area (Å²) in [5.41, 5.74) is 6.39. The minimum absolute atomic E-state index is 0.0592. The van der Waals surface area contributed by atoms with E-state index in [-0.39, 0.29) is 5.92 Å². The maximum absolute atomic E-state index is 11.5. The molecular weight excluding hydrogens is 524 g/mol. The molecular formula is C32H31ClN4O3. The maximum Gasteiger partial charge on any atom is 0.411 e. The number of imidazole rings is 1. The number of allylic oxidation sites excluding steroid dienone is 5. The zero-order chi connectivity index (χ0) is 28.1. The van der Waals surface area contributed by atoms with Crippen molar-refractivity contribution in [3.63, 3.8) is 0 Å². The average Bonchev–Trinajstić information content (AvgIpc) is 3.39. The van der Waals surface area contributed by atoms with Crippen LogP contribution in [-0.4, -0.2) is 28.2 Å². The van der Waals surface area contributed by atoms with Crippen LogP contribution >= 0.6 is 11.6 Å². The third-order valence-electron chi connectivity index (χ3n) is 7.05. The van der Waals surface area contributed by atoms with Gasteiger partial charge in [-0.15, -0.1) is 0 Å². The minimum Gasteiger partial charge on any atom is -0.453 e. The number of hydrogen-bond donors (Lipinski definition) is 2. The highest BCUT2D eigenvalue weighted by Gasteiger charge is 2.29. The predicted molar refractivity (Wildman–Crippen MR) is 159 cm³/mol. The van der Waals surface area contributed by atoms with E-state index in [2.05, 4.69) is 44.8 Å². The molecule has 0 spiro atoms. The molecule has 0 saturated heterocycles. The van der Waals surface area contributed by atoms with Gasteiger partial charge in [-0.25, -0.2) is 14.8 Å². The van der Waals surface area contributed by atoms with Gasteiger partial charge in [0, 0.05) is 22.2 Å². The summed E-state index contributed by atoms with van der Waals surface area (Å²) in [5.74, 6) is 2.31. The van der Waals surface area contributed by atoms with Crippen LogP contribution in [0.4, 0.5) is 10.5 Å². The van der Waals surface area contributed by atoms with Crippen molar-refractivity contribution < 1.29 is 13.9 Å². The van der Waals surface area contributed by atoms with E-state index in [1.807, 2.05) is 55.6 Å². The number of H-pyrrole nitrogens is 1. The second-order valence-corrected chi connectivity index (χ2v) is 10.3. The van der Waals surface area contributed by atoms with Crippen LogP contribution in [-0.2, 0) is 4.74 Å². The van der Waals surface area contributed by atoms with Gasteiger partial charge in [-0.05, 0) is 71.9 Å². The molecule has 7 nitrogen and oxygen atoms in total. The number of rotatable bonds is 10. The molecule has 4 aromatic rings. The van der Waals surface area contributed by atoms with Crippen molar-refractivity contribution in [2.24, 2.45) is 5.92 Å². The maximum atomic E-state index is 11.5. The second-order valence-electron chi connectivity index (χ2n) is 9.82. The number of oxazole rings is 1. The summed E-state index contributed by atoms with van der Waals surface area (Å²) >= 11 is 6.38. The lowest BCUT2D eigenvalue weighted by Crippen LogP contribution is -2.10. The monoisotopic (exact) mass is 554 g/mol. The fourth-order valence-electron chi connectivity index (χ4n) is 4.66. The number of hydrogen-bond acceptors (Lipinski definition) is 5. The minimum atomic E-state index is -0.503. The van der Waals surface area contributed by atoms with E-state index >= 15 is 0 Å². The van der Waals surface area contributed by atoms with E-state index < -0.39 is 6.09 Å². The van der Waals surface area contributed by atoms with Crippen molar-refractivity contribution in [3.05, 3.63) is 108 Å². The number of aromatic amines is 1. The number of nitrogens with zero attached hydrogens (tertiary/aromatic N) is 2. The Morgan fingerprint density at radius 2 is 2.02 bits per heavy atom. The van der Waals surface area contributed by atoms with Crippen molar-refractivity contribution >= 4 is 29.0 Å². The Balaban J connectivity index is 1.37. The molecule has 0 radical (unpaired) electrons. The van der Waals surface area contributed by atoms with Crippen molar-refractivity contribution in [1.82, 2.24) is 15.0 Å². The van der Waals surface area contributed by atoms with Gasteiger partial charge in [-0.1, -0.05) is 61.4 Å². The van der Waals surface area contributed by atoms with E-state index in [4.69, 9.17) is 21.0 Å². The molecule has 2 heterocycles. The summed E-state index contributed by atoms with van der Waals surface area (Å²) in [6, 6.07) is 13.3. The summed E-state index contributed by atoms with van der Waals surface area (Å²) in [6.07, 6.45) is 14.1. The standard InChI is InChI=1S/C32H31ClN4O3/c1-4-22(28-16-24(33)11-14-26(28)30-18-34-19-40-30)8-5-20(2)27(15-21-6-7-21)31-35-17-29(37-31)23-9-12-25(13-10-23)36-32(38)39-3/h4-5,8-14,16-19,21,27H,2,6-7,15H2,1,3H3,(H,35,37)(H,36,38)/b8-5-,22-4+. The number of halogens is 1. The molecule has 1 unspecified atom stereocenters. The molecule has 0 aliphatic heterocycles. The summed E-state index contributed by atoms with van der Waals surface area (Å²) in [6.45, 7) is 6.45. The first kappa shape index (κ1) is 27.2. The number of anilines is 1. The lowest BCUT2D eigenvalue weighted by atomic mass is 9.91. The molecule has 1 aliphatic carbocycles. The third kappa shape index (κ3) is 6.43. The van der Waals surface area contributed by atoms with Crippen LogP contribution in [0.3, 0.4) is 0 Å². The zero-order valence-corrected chi connectivity index (χ0v) is 23.2. The fraction of sp³-hybridized carbons (Fsp3) is 0.219. The van der Waals surface area contributed by atoms with Crippen molar-refractivity contribution in [1.29, 1.82) is 0 Å². The molecule has 40 heavy (non-hydrogen) atoms. The molecule has 1 fully saturated rings. The van der Waals surface area contributed by atoms with Crippen LogP contribution in [0.5, 0.6) is 0 Å². The first-order chi connectivity index (χ1) is 19.4. The molecule has 1 atom stereocenters. The van der Waals surface area contributed by atoms with Gasteiger partial charge in [-0.2, -0.15) is 0 Å². The Morgan fingerprint density at radius 3 is 2.70 bits per heavy atom. The first-order valence-corrected chi connectivity index (χ1v) is 13.5. The van der Waals surface area contributed by atoms with Gasteiger partial charge in [0.15, 0.2) is 12.2 Å². The van der Waals surface area contributed by atoms with Crippen molar-refractivity contribution in [2.45, 2.75) is 32.1 Å². The van der Waals surface area contributed by atoms with E-state index in [0.29, 0.717) is 22.4 Å². The van der Waals surface area contributed by atoms with Gasteiger partial charge >= 0.3 is 6.09 Å². The molecule has 204 valence electrons. The van der Waals surface area contributed by atoms with Gasteiger partial charge in [0.05, 0.1) is 25.2 Å². The van der Waals surface area contributed by atoms with Crippen molar-refractivity contribution in [2.75, 3.05) is 12.4 Å². The highest BCUT2D eigenvalue weighted by Crippen LogP contribution is 2.41. The summed E-state index contributed by atoms with van der Waals surface area (Å²) in [5, 5.41) is 3.31. The van der Waals surface area contributed by atoms with E-state index in [0.717, 1.165) is 45.8 Å². The lowest BCUT2D eigenvalue weighted by molar-refractivity contribution is 0.187.